The average molecular weight is 482 g/mol. The van der Waals surface area contributed by atoms with E-state index in [1.54, 1.807) is 0 Å². The van der Waals surface area contributed by atoms with Crippen LogP contribution in [0, 0.1) is 0 Å². The summed E-state index contributed by atoms with van der Waals surface area (Å²) in [6.45, 7) is 3.99. The number of hydrogen-bond acceptors (Lipinski definition) is 7. The van der Waals surface area contributed by atoms with E-state index in [1.807, 2.05) is 30.6 Å². The van der Waals surface area contributed by atoms with E-state index in [2.05, 4.69) is 22.5 Å². The highest BCUT2D eigenvalue weighted by Gasteiger charge is 2.25. The molecule has 1 saturated carbocycles. The van der Waals surface area contributed by atoms with Crippen molar-refractivity contribution in [2.45, 2.75) is 70.0 Å². The molecule has 1 aliphatic heterocycles. The Kier molecular flexibility index (Phi) is 7.13. The molecular formula is C26H32ClN5O2. The van der Waals surface area contributed by atoms with Gasteiger partial charge < -0.3 is 20.5 Å². The van der Waals surface area contributed by atoms with Crippen LogP contribution >= 0.6 is 11.6 Å². The second-order valence-electron chi connectivity index (χ2n) is 9.33. The van der Waals surface area contributed by atoms with Gasteiger partial charge in [-0.3, -0.25) is 0 Å². The van der Waals surface area contributed by atoms with E-state index in [-0.39, 0.29) is 12.2 Å². The molecular weight excluding hydrogens is 450 g/mol. The molecule has 3 N–H and O–H groups in total. The third-order valence-electron chi connectivity index (χ3n) is 7.00. The fraction of sp³-hybridized carbons (Fsp3) is 0.500. The standard InChI is InChI=1S/C26H32ClN5O2/c1-2-16-13-18(5-8-23(16)27)31-26-30-15-22-24(32-26)21(17-3-6-19(33)7-4-17)14-29-25(22)34-20-9-11-28-12-10-20/h5,8,13-15,17,19-20,28,33H,2-4,6-7,9-12H2,1H3,(H,30,31,32)/t17-,19-. The van der Waals surface area contributed by atoms with E-state index in [0.29, 0.717) is 17.7 Å². The number of nitrogens with one attached hydrogen (secondary N) is 2. The van der Waals surface area contributed by atoms with Crippen LogP contribution < -0.4 is 15.4 Å². The molecule has 1 aromatic carbocycles. The smallest absolute Gasteiger partial charge is 0.227 e. The number of benzene rings is 1. The van der Waals surface area contributed by atoms with Crippen molar-refractivity contribution < 1.29 is 9.84 Å². The van der Waals surface area contributed by atoms with Crippen molar-refractivity contribution >= 4 is 34.1 Å². The maximum absolute atomic E-state index is 10.00. The van der Waals surface area contributed by atoms with Gasteiger partial charge in [0.1, 0.15) is 6.10 Å². The second-order valence-corrected chi connectivity index (χ2v) is 9.74. The summed E-state index contributed by atoms with van der Waals surface area (Å²) in [5.74, 6) is 1.46. The quantitative estimate of drug-likeness (QED) is 0.449. The molecule has 0 unspecified atom stereocenters. The third kappa shape index (κ3) is 5.11. The normalized spacial score (nSPS) is 21.5. The number of hydrogen-bond donors (Lipinski definition) is 3. The molecule has 2 aromatic heterocycles. The van der Waals surface area contributed by atoms with E-state index < -0.39 is 0 Å². The number of aliphatic hydroxyl groups excluding tert-OH is 1. The molecule has 0 radical (unpaired) electrons. The third-order valence-corrected chi connectivity index (χ3v) is 7.37. The maximum Gasteiger partial charge on any atom is 0.227 e. The Morgan fingerprint density at radius 3 is 2.65 bits per heavy atom. The molecule has 2 aliphatic rings. The van der Waals surface area contributed by atoms with Crippen LogP contribution in [0.1, 0.15) is 62.5 Å². The van der Waals surface area contributed by atoms with E-state index in [1.165, 1.54) is 0 Å². The summed E-state index contributed by atoms with van der Waals surface area (Å²) in [5, 5.41) is 18.3. The molecule has 3 heterocycles. The van der Waals surface area contributed by atoms with Crippen LogP contribution in [0.15, 0.2) is 30.6 Å². The van der Waals surface area contributed by atoms with Gasteiger partial charge in [0.05, 0.1) is 17.0 Å². The Balaban J connectivity index is 1.50. The maximum atomic E-state index is 10.00. The lowest BCUT2D eigenvalue weighted by Crippen LogP contribution is -2.34. The van der Waals surface area contributed by atoms with Crippen LogP contribution in [0.25, 0.3) is 10.9 Å². The lowest BCUT2D eigenvalue weighted by atomic mass is 9.83. The fourth-order valence-electron chi connectivity index (χ4n) is 4.98. The average Bonchev–Trinajstić information content (AvgIpc) is 2.86. The number of aliphatic hydroxyl groups is 1. The molecule has 0 bridgehead atoms. The van der Waals surface area contributed by atoms with Crippen LogP contribution in [-0.2, 0) is 6.42 Å². The molecule has 1 saturated heterocycles. The molecule has 3 aromatic rings. The summed E-state index contributed by atoms with van der Waals surface area (Å²) in [6.07, 6.45) is 9.93. The molecule has 0 spiro atoms. The molecule has 1 aliphatic carbocycles. The van der Waals surface area contributed by atoms with Gasteiger partial charge in [-0.1, -0.05) is 18.5 Å². The van der Waals surface area contributed by atoms with Gasteiger partial charge in [-0.15, -0.1) is 0 Å². The molecule has 8 heteroatoms. The lowest BCUT2D eigenvalue weighted by molar-refractivity contribution is 0.122. The summed E-state index contributed by atoms with van der Waals surface area (Å²) in [4.78, 5) is 14.3. The van der Waals surface area contributed by atoms with Gasteiger partial charge in [0.2, 0.25) is 11.8 Å². The number of ether oxygens (including phenoxy) is 1. The minimum atomic E-state index is -0.206. The predicted octanol–water partition coefficient (Wildman–Crippen LogP) is 5.13. The second kappa shape index (κ2) is 10.4. The molecule has 7 nitrogen and oxygen atoms in total. The Labute approximate surface area is 205 Å². The fourth-order valence-corrected chi connectivity index (χ4v) is 5.23. The molecule has 2 fully saturated rings. The van der Waals surface area contributed by atoms with E-state index in [4.69, 9.17) is 26.3 Å². The van der Waals surface area contributed by atoms with Crippen LogP contribution in [0.3, 0.4) is 0 Å². The van der Waals surface area contributed by atoms with Crippen molar-refractivity contribution in [3.05, 3.63) is 46.7 Å². The van der Waals surface area contributed by atoms with Gasteiger partial charge in [0.25, 0.3) is 0 Å². The number of pyridine rings is 1. The van der Waals surface area contributed by atoms with Crippen LogP contribution in [0.5, 0.6) is 5.88 Å². The molecule has 34 heavy (non-hydrogen) atoms. The van der Waals surface area contributed by atoms with Crippen molar-refractivity contribution in [3.8, 4) is 5.88 Å². The van der Waals surface area contributed by atoms with Crippen LogP contribution in [0.4, 0.5) is 11.6 Å². The largest absolute Gasteiger partial charge is 0.474 e. The predicted molar refractivity (Wildman–Crippen MR) is 135 cm³/mol. The van der Waals surface area contributed by atoms with Gasteiger partial charge in [-0.25, -0.2) is 15.0 Å². The Morgan fingerprint density at radius 2 is 1.88 bits per heavy atom. The van der Waals surface area contributed by atoms with Gasteiger partial charge >= 0.3 is 0 Å². The number of piperidine rings is 1. The zero-order valence-corrected chi connectivity index (χ0v) is 20.3. The number of anilines is 2. The molecule has 0 amide bonds. The summed E-state index contributed by atoms with van der Waals surface area (Å²) < 4.78 is 6.32. The highest BCUT2D eigenvalue weighted by atomic mass is 35.5. The molecule has 0 atom stereocenters. The summed E-state index contributed by atoms with van der Waals surface area (Å²) >= 11 is 6.29. The topological polar surface area (TPSA) is 92.2 Å². The van der Waals surface area contributed by atoms with E-state index in [0.717, 1.165) is 90.8 Å². The van der Waals surface area contributed by atoms with Crippen molar-refractivity contribution in [2.24, 2.45) is 0 Å². The summed E-state index contributed by atoms with van der Waals surface area (Å²) in [5.41, 5.74) is 3.97. The van der Waals surface area contributed by atoms with Crippen molar-refractivity contribution in [1.29, 1.82) is 0 Å². The molecule has 180 valence electrons. The van der Waals surface area contributed by atoms with Gasteiger partial charge in [0.15, 0.2) is 0 Å². The Hall–Kier alpha value is -2.48. The van der Waals surface area contributed by atoms with Crippen molar-refractivity contribution in [3.63, 3.8) is 0 Å². The number of aromatic nitrogens is 3. The first-order valence-electron chi connectivity index (χ1n) is 12.4. The number of nitrogens with zero attached hydrogens (tertiary/aromatic N) is 3. The zero-order valence-electron chi connectivity index (χ0n) is 19.6. The van der Waals surface area contributed by atoms with Gasteiger partial charge in [-0.2, -0.15) is 0 Å². The molecule has 5 rings (SSSR count). The van der Waals surface area contributed by atoms with E-state index in [9.17, 15) is 5.11 Å². The van der Waals surface area contributed by atoms with Crippen LogP contribution in [0.2, 0.25) is 5.02 Å². The van der Waals surface area contributed by atoms with Crippen LogP contribution in [-0.4, -0.2) is 45.4 Å². The number of aryl methyl sites for hydroxylation is 1. The number of halogens is 1. The summed E-state index contributed by atoms with van der Waals surface area (Å²) in [6, 6.07) is 5.88. The van der Waals surface area contributed by atoms with E-state index >= 15 is 0 Å². The monoisotopic (exact) mass is 481 g/mol. The van der Waals surface area contributed by atoms with Gasteiger partial charge in [-0.05, 0) is 87.7 Å². The van der Waals surface area contributed by atoms with Gasteiger partial charge in [0, 0.05) is 28.7 Å². The number of fused-ring (bicyclic) bond motifs is 1. The highest BCUT2D eigenvalue weighted by Crippen LogP contribution is 2.38. The Morgan fingerprint density at radius 1 is 1.09 bits per heavy atom. The minimum absolute atomic E-state index is 0.145. The first kappa shape index (κ1) is 23.3. The van der Waals surface area contributed by atoms with Crippen molar-refractivity contribution in [1.82, 2.24) is 20.3 Å². The highest BCUT2D eigenvalue weighted by molar-refractivity contribution is 6.31. The summed E-state index contributed by atoms with van der Waals surface area (Å²) in [7, 11) is 0. The lowest BCUT2D eigenvalue weighted by Gasteiger charge is -2.27. The van der Waals surface area contributed by atoms with Crippen molar-refractivity contribution in [2.75, 3.05) is 18.4 Å². The first-order valence-corrected chi connectivity index (χ1v) is 12.7. The Bertz CT molecular complexity index is 1140. The number of rotatable bonds is 6. The zero-order chi connectivity index (χ0) is 23.5. The SMILES string of the molecule is CCc1cc(Nc2ncc3c(OC4CCNCC4)ncc([C@H]4CC[C@H](O)CC4)c3n2)ccc1Cl. The first-order chi connectivity index (χ1) is 16.6. The minimum Gasteiger partial charge on any atom is -0.474 e.